The lowest BCUT2D eigenvalue weighted by molar-refractivity contribution is -0.143. The SMILES string of the molecule is CCOC(=O)CCC(=O)c1nc2ccccc2n([C@@H](C)C[C@@H]2CCCCN2C=C2C3CCCC2C3)c1=O. The van der Waals surface area contributed by atoms with Crippen molar-refractivity contribution >= 4 is 22.8 Å². The summed E-state index contributed by atoms with van der Waals surface area (Å²) < 4.78 is 6.71. The van der Waals surface area contributed by atoms with E-state index in [1.54, 1.807) is 17.1 Å². The fraction of sp³-hybridized carbons (Fsp3) is 0.600. The summed E-state index contributed by atoms with van der Waals surface area (Å²) in [6.45, 7) is 5.15. The second-order valence-electron chi connectivity index (χ2n) is 11.0. The molecule has 4 atom stereocenters. The van der Waals surface area contributed by atoms with Gasteiger partial charge in [-0.2, -0.15) is 0 Å². The number of aromatic nitrogens is 2. The minimum Gasteiger partial charge on any atom is -0.466 e. The Kier molecular flexibility index (Phi) is 7.77. The van der Waals surface area contributed by atoms with Gasteiger partial charge in [0.2, 0.25) is 0 Å². The zero-order valence-electron chi connectivity index (χ0n) is 22.2. The van der Waals surface area contributed by atoms with Crippen molar-refractivity contribution in [3.63, 3.8) is 0 Å². The summed E-state index contributed by atoms with van der Waals surface area (Å²) >= 11 is 0. The minimum atomic E-state index is -0.438. The number of Topliss-reactive ketones (excluding diaryl/α,β-unsaturated/α-hetero) is 1. The molecule has 2 unspecified atom stereocenters. The zero-order valence-corrected chi connectivity index (χ0v) is 22.2. The molecule has 7 heteroatoms. The van der Waals surface area contributed by atoms with E-state index in [0.29, 0.717) is 11.6 Å². The molecule has 1 aromatic heterocycles. The highest BCUT2D eigenvalue weighted by Crippen LogP contribution is 2.50. The van der Waals surface area contributed by atoms with Crippen molar-refractivity contribution < 1.29 is 14.3 Å². The first-order valence-electron chi connectivity index (χ1n) is 14.1. The van der Waals surface area contributed by atoms with E-state index in [9.17, 15) is 14.4 Å². The monoisotopic (exact) mass is 505 g/mol. The first kappa shape index (κ1) is 25.7. The molecule has 2 bridgehead atoms. The molecule has 2 heterocycles. The van der Waals surface area contributed by atoms with Crippen LogP contribution in [0.3, 0.4) is 0 Å². The zero-order chi connectivity index (χ0) is 25.9. The second-order valence-corrected chi connectivity index (χ2v) is 11.0. The van der Waals surface area contributed by atoms with Crippen molar-refractivity contribution in [1.29, 1.82) is 0 Å². The van der Waals surface area contributed by atoms with Crippen LogP contribution in [0.5, 0.6) is 0 Å². The van der Waals surface area contributed by atoms with Gasteiger partial charge in [-0.1, -0.05) is 18.6 Å². The summed E-state index contributed by atoms with van der Waals surface area (Å²) in [6, 6.07) is 7.80. The number of carbonyl (C=O) groups is 2. The smallest absolute Gasteiger partial charge is 0.306 e. The topological polar surface area (TPSA) is 81.5 Å². The number of likely N-dealkylation sites (tertiary alicyclic amines) is 1. The van der Waals surface area contributed by atoms with E-state index in [0.717, 1.165) is 36.7 Å². The standard InChI is InChI=1S/C30H39N3O4/c1-3-37-28(35)15-14-27(34)29-30(36)33(26-13-5-4-12-25(26)31-29)20(2)17-23-11-6-7-16-32(23)19-24-21-9-8-10-22(24)18-21/h4-5,12-13,19-23H,3,6-11,14-18H2,1-2H3/t20-,21?,22?,23-/m0/s1. The molecule has 1 aromatic carbocycles. The van der Waals surface area contributed by atoms with Crippen LogP contribution in [0.4, 0.5) is 0 Å². The molecule has 7 nitrogen and oxygen atoms in total. The largest absolute Gasteiger partial charge is 0.466 e. The van der Waals surface area contributed by atoms with Gasteiger partial charge in [-0.05, 0) is 94.5 Å². The molecule has 3 fully saturated rings. The van der Waals surface area contributed by atoms with Gasteiger partial charge in [-0.15, -0.1) is 0 Å². The number of allylic oxidation sites excluding steroid dienone is 1. The number of piperidine rings is 1. The number of benzene rings is 1. The molecule has 0 N–H and O–H groups in total. The van der Waals surface area contributed by atoms with Crippen molar-refractivity contribution in [1.82, 2.24) is 14.5 Å². The number of nitrogens with zero attached hydrogens (tertiary/aromatic N) is 3. The molecule has 198 valence electrons. The van der Waals surface area contributed by atoms with Crippen LogP contribution in [-0.4, -0.2) is 45.4 Å². The normalized spacial score (nSPS) is 23.9. The average Bonchev–Trinajstić information content (AvgIpc) is 2.91. The predicted molar refractivity (Wildman–Crippen MR) is 143 cm³/mol. The maximum atomic E-state index is 13.7. The summed E-state index contributed by atoms with van der Waals surface area (Å²) in [5, 5.41) is 0. The summed E-state index contributed by atoms with van der Waals surface area (Å²) in [4.78, 5) is 45.4. The van der Waals surface area contributed by atoms with E-state index in [4.69, 9.17) is 4.74 Å². The van der Waals surface area contributed by atoms with Gasteiger partial charge in [-0.3, -0.25) is 14.4 Å². The Bertz CT molecular complexity index is 1230. The Morgan fingerprint density at radius 3 is 2.65 bits per heavy atom. The Balaban J connectivity index is 1.40. The highest BCUT2D eigenvalue weighted by molar-refractivity contribution is 5.97. The summed E-state index contributed by atoms with van der Waals surface area (Å²) in [6.07, 6.45) is 12.1. The lowest BCUT2D eigenvalue weighted by atomic mass is 9.61. The Hall–Kier alpha value is -2.96. The molecule has 0 radical (unpaired) electrons. The molecule has 37 heavy (non-hydrogen) atoms. The highest BCUT2D eigenvalue weighted by Gasteiger charge is 2.39. The first-order chi connectivity index (χ1) is 18.0. The summed E-state index contributed by atoms with van der Waals surface area (Å²) in [7, 11) is 0. The Labute approximate surface area is 218 Å². The maximum absolute atomic E-state index is 13.7. The number of ketones is 1. The number of hydrogen-bond donors (Lipinski definition) is 0. The molecule has 5 rings (SSSR count). The number of carbonyl (C=O) groups excluding carboxylic acids is 2. The number of ether oxygens (including phenoxy) is 1. The number of para-hydroxylation sites is 2. The van der Waals surface area contributed by atoms with E-state index >= 15 is 0 Å². The van der Waals surface area contributed by atoms with E-state index in [1.165, 1.54) is 38.5 Å². The average molecular weight is 506 g/mol. The van der Waals surface area contributed by atoms with Gasteiger partial charge in [0, 0.05) is 25.0 Å². The molecular formula is C30H39N3O4. The molecular weight excluding hydrogens is 466 g/mol. The maximum Gasteiger partial charge on any atom is 0.306 e. The quantitative estimate of drug-likeness (QED) is 0.334. The molecule has 1 saturated heterocycles. The summed E-state index contributed by atoms with van der Waals surface area (Å²) in [5.74, 6) is 0.722. The molecule has 2 aromatic rings. The van der Waals surface area contributed by atoms with Gasteiger partial charge in [0.15, 0.2) is 11.5 Å². The van der Waals surface area contributed by atoms with Crippen LogP contribution in [0, 0.1) is 11.8 Å². The summed E-state index contributed by atoms with van der Waals surface area (Å²) in [5.41, 5.74) is 2.58. The fourth-order valence-electron chi connectivity index (χ4n) is 6.66. The minimum absolute atomic E-state index is 0.0517. The predicted octanol–water partition coefficient (Wildman–Crippen LogP) is 5.43. The van der Waals surface area contributed by atoms with Crippen LogP contribution in [0.1, 0.15) is 94.6 Å². The Morgan fingerprint density at radius 2 is 1.89 bits per heavy atom. The van der Waals surface area contributed by atoms with Gasteiger partial charge in [0.25, 0.3) is 5.56 Å². The van der Waals surface area contributed by atoms with Crippen molar-refractivity contribution in [2.24, 2.45) is 11.8 Å². The van der Waals surface area contributed by atoms with Crippen molar-refractivity contribution in [2.45, 2.75) is 90.1 Å². The number of esters is 1. The van der Waals surface area contributed by atoms with Crippen LogP contribution in [0.15, 0.2) is 40.8 Å². The third-order valence-corrected chi connectivity index (χ3v) is 8.58. The highest BCUT2D eigenvalue weighted by atomic mass is 16.5. The van der Waals surface area contributed by atoms with Gasteiger partial charge >= 0.3 is 5.97 Å². The van der Waals surface area contributed by atoms with Crippen LogP contribution in [0.25, 0.3) is 11.0 Å². The van der Waals surface area contributed by atoms with Gasteiger partial charge < -0.3 is 14.2 Å². The van der Waals surface area contributed by atoms with E-state index in [1.807, 2.05) is 24.3 Å². The van der Waals surface area contributed by atoms with Crippen LogP contribution in [-0.2, 0) is 9.53 Å². The molecule has 0 spiro atoms. The first-order valence-corrected chi connectivity index (χ1v) is 14.1. The lowest BCUT2D eigenvalue weighted by Crippen LogP contribution is -2.41. The number of hydrogen-bond acceptors (Lipinski definition) is 6. The molecule has 0 amide bonds. The van der Waals surface area contributed by atoms with Gasteiger partial charge in [0.1, 0.15) is 0 Å². The van der Waals surface area contributed by atoms with E-state index in [2.05, 4.69) is 23.0 Å². The van der Waals surface area contributed by atoms with Crippen molar-refractivity contribution in [3.8, 4) is 0 Å². The number of fused-ring (bicyclic) bond motifs is 3. The van der Waals surface area contributed by atoms with Crippen molar-refractivity contribution in [2.75, 3.05) is 13.2 Å². The van der Waals surface area contributed by atoms with Crippen molar-refractivity contribution in [3.05, 3.63) is 52.1 Å². The molecule has 2 saturated carbocycles. The molecule has 3 aliphatic rings. The van der Waals surface area contributed by atoms with E-state index < -0.39 is 11.8 Å². The Morgan fingerprint density at radius 1 is 1.11 bits per heavy atom. The van der Waals surface area contributed by atoms with Gasteiger partial charge in [-0.25, -0.2) is 4.98 Å². The van der Waals surface area contributed by atoms with Crippen LogP contribution >= 0.6 is 0 Å². The van der Waals surface area contributed by atoms with E-state index in [-0.39, 0.29) is 36.7 Å². The third-order valence-electron chi connectivity index (χ3n) is 8.58. The lowest BCUT2D eigenvalue weighted by Gasteiger charge is -2.47. The molecule has 1 aliphatic heterocycles. The van der Waals surface area contributed by atoms with Crippen LogP contribution < -0.4 is 5.56 Å². The number of rotatable bonds is 9. The van der Waals surface area contributed by atoms with Gasteiger partial charge in [0.05, 0.1) is 24.1 Å². The fourth-order valence-corrected chi connectivity index (χ4v) is 6.66. The van der Waals surface area contributed by atoms with Crippen LogP contribution in [0.2, 0.25) is 0 Å². The second kappa shape index (κ2) is 11.2. The molecule has 2 aliphatic carbocycles. The third kappa shape index (κ3) is 5.36.